The molecule has 0 aliphatic carbocycles. The highest BCUT2D eigenvalue weighted by Gasteiger charge is 1.98. The summed E-state index contributed by atoms with van der Waals surface area (Å²) >= 11 is 1.53. The first-order valence-corrected chi connectivity index (χ1v) is 5.90. The number of hydrogen-bond acceptors (Lipinski definition) is 3. The molecule has 0 fully saturated rings. The van der Waals surface area contributed by atoms with Crippen LogP contribution in [-0.4, -0.2) is 35.0 Å². The summed E-state index contributed by atoms with van der Waals surface area (Å²) in [5.74, 6) is 0.466. The maximum atomic E-state index is 11.1. The molecule has 86 valence electrons. The molecule has 1 amide bonds. The van der Waals surface area contributed by atoms with E-state index in [0.29, 0.717) is 12.3 Å². The second kappa shape index (κ2) is 8.35. The number of amides is 1. The maximum absolute atomic E-state index is 11.1. The quantitative estimate of drug-likeness (QED) is 0.511. The first-order valence-electron chi connectivity index (χ1n) is 4.74. The van der Waals surface area contributed by atoms with Gasteiger partial charge < -0.3 is 10.4 Å². The number of carbonyl (C=O) groups excluding carboxylic acids is 1. The van der Waals surface area contributed by atoms with Crippen molar-refractivity contribution in [3.05, 3.63) is 11.6 Å². The lowest BCUT2D eigenvalue weighted by Gasteiger charge is -2.01. The molecule has 0 rings (SSSR count). The molecule has 0 atom stereocenters. The maximum Gasteiger partial charge on any atom is 0.304 e. The second-order valence-electron chi connectivity index (χ2n) is 3.27. The van der Waals surface area contributed by atoms with Crippen LogP contribution in [0.5, 0.6) is 0 Å². The van der Waals surface area contributed by atoms with Crippen LogP contribution in [0.4, 0.5) is 0 Å². The zero-order chi connectivity index (χ0) is 11.7. The third-order valence-corrected chi connectivity index (χ3v) is 2.41. The van der Waals surface area contributed by atoms with Gasteiger partial charge in [-0.25, -0.2) is 0 Å². The summed E-state index contributed by atoms with van der Waals surface area (Å²) in [5, 5.41) is 11.1. The highest BCUT2D eigenvalue weighted by Crippen LogP contribution is 2.00. The third kappa shape index (κ3) is 11.0. The molecule has 0 spiro atoms. The Morgan fingerprint density at radius 3 is 2.53 bits per heavy atom. The van der Waals surface area contributed by atoms with Crippen molar-refractivity contribution in [2.75, 3.05) is 18.1 Å². The number of carbonyl (C=O) groups is 2. The minimum atomic E-state index is -0.781. The van der Waals surface area contributed by atoms with Crippen LogP contribution in [0.2, 0.25) is 0 Å². The van der Waals surface area contributed by atoms with Gasteiger partial charge in [-0.3, -0.25) is 9.59 Å². The Kier molecular flexibility index (Phi) is 7.81. The van der Waals surface area contributed by atoms with Crippen LogP contribution in [0, 0.1) is 0 Å². The fourth-order valence-corrected chi connectivity index (χ4v) is 1.59. The van der Waals surface area contributed by atoms with Gasteiger partial charge in [-0.1, -0.05) is 5.57 Å². The number of aliphatic carboxylic acids is 1. The van der Waals surface area contributed by atoms with Crippen molar-refractivity contribution in [2.24, 2.45) is 0 Å². The zero-order valence-corrected chi connectivity index (χ0v) is 9.89. The van der Waals surface area contributed by atoms with Gasteiger partial charge in [-0.2, -0.15) is 11.8 Å². The smallest absolute Gasteiger partial charge is 0.304 e. The topological polar surface area (TPSA) is 66.4 Å². The van der Waals surface area contributed by atoms with Crippen LogP contribution < -0.4 is 5.32 Å². The average molecular weight is 231 g/mol. The van der Waals surface area contributed by atoms with Crippen LogP contribution in [0.25, 0.3) is 0 Å². The minimum absolute atomic E-state index is 0.0890. The Hall–Kier alpha value is -0.970. The summed E-state index contributed by atoms with van der Waals surface area (Å²) in [6.45, 7) is 4.30. The van der Waals surface area contributed by atoms with E-state index in [0.717, 1.165) is 11.3 Å². The van der Waals surface area contributed by atoms with E-state index in [1.807, 2.05) is 13.8 Å². The molecule has 2 N–H and O–H groups in total. The largest absolute Gasteiger partial charge is 0.481 e. The van der Waals surface area contributed by atoms with Gasteiger partial charge in [0.05, 0.1) is 6.42 Å². The number of carboxylic acid groups (broad SMARTS) is 1. The molecule has 0 radical (unpaired) electrons. The van der Waals surface area contributed by atoms with Crippen LogP contribution >= 0.6 is 11.8 Å². The SMILES string of the molecule is CC(C)=CC(=O)NCCSCCC(=O)O. The molecule has 0 aliphatic rings. The van der Waals surface area contributed by atoms with Crippen LogP contribution in [0.3, 0.4) is 0 Å². The fraction of sp³-hybridized carbons (Fsp3) is 0.600. The van der Waals surface area contributed by atoms with Crippen molar-refractivity contribution in [2.45, 2.75) is 20.3 Å². The highest BCUT2D eigenvalue weighted by atomic mass is 32.2. The van der Waals surface area contributed by atoms with E-state index in [4.69, 9.17) is 5.11 Å². The van der Waals surface area contributed by atoms with E-state index >= 15 is 0 Å². The van der Waals surface area contributed by atoms with Gasteiger partial charge in [0, 0.05) is 24.1 Å². The summed E-state index contributed by atoms with van der Waals surface area (Å²) in [6, 6.07) is 0. The fourth-order valence-electron chi connectivity index (χ4n) is 0.821. The lowest BCUT2D eigenvalue weighted by Crippen LogP contribution is -2.24. The molecular weight excluding hydrogens is 214 g/mol. The van der Waals surface area contributed by atoms with E-state index in [-0.39, 0.29) is 12.3 Å². The van der Waals surface area contributed by atoms with E-state index < -0.39 is 5.97 Å². The molecule has 0 saturated heterocycles. The molecule has 0 saturated carbocycles. The molecule has 0 aromatic heterocycles. The molecule has 0 aromatic carbocycles. The van der Waals surface area contributed by atoms with Crippen molar-refractivity contribution >= 4 is 23.6 Å². The zero-order valence-electron chi connectivity index (χ0n) is 9.08. The summed E-state index contributed by atoms with van der Waals surface area (Å²) in [5.41, 5.74) is 0.964. The van der Waals surface area contributed by atoms with Crippen LogP contribution in [0.1, 0.15) is 20.3 Å². The van der Waals surface area contributed by atoms with Gasteiger partial charge in [-0.05, 0) is 13.8 Å². The monoisotopic (exact) mass is 231 g/mol. The molecular formula is C10H17NO3S. The minimum Gasteiger partial charge on any atom is -0.481 e. The first kappa shape index (κ1) is 14.0. The van der Waals surface area contributed by atoms with E-state index in [2.05, 4.69) is 5.32 Å². The summed E-state index contributed by atoms with van der Waals surface area (Å²) in [7, 11) is 0. The number of rotatable bonds is 7. The van der Waals surface area contributed by atoms with E-state index in [1.54, 1.807) is 6.08 Å². The van der Waals surface area contributed by atoms with Crippen molar-refractivity contribution in [1.82, 2.24) is 5.32 Å². The second-order valence-corrected chi connectivity index (χ2v) is 4.49. The van der Waals surface area contributed by atoms with Crippen LogP contribution in [0.15, 0.2) is 11.6 Å². The van der Waals surface area contributed by atoms with Gasteiger partial charge in [0.2, 0.25) is 5.91 Å². The van der Waals surface area contributed by atoms with Crippen molar-refractivity contribution in [3.8, 4) is 0 Å². The molecule has 0 bridgehead atoms. The number of hydrogen-bond donors (Lipinski definition) is 2. The molecule has 0 aliphatic heterocycles. The van der Waals surface area contributed by atoms with Crippen LogP contribution in [-0.2, 0) is 9.59 Å². The Balaban J connectivity index is 3.35. The van der Waals surface area contributed by atoms with Gasteiger partial charge in [0.1, 0.15) is 0 Å². The highest BCUT2D eigenvalue weighted by molar-refractivity contribution is 7.99. The molecule has 0 aromatic rings. The summed E-state index contributed by atoms with van der Waals surface area (Å²) in [4.78, 5) is 21.3. The normalized spacial score (nSPS) is 9.47. The predicted octanol–water partition coefficient (Wildman–Crippen LogP) is 1.28. The predicted molar refractivity (Wildman–Crippen MR) is 62.0 cm³/mol. The van der Waals surface area contributed by atoms with Gasteiger partial charge in [-0.15, -0.1) is 0 Å². The lowest BCUT2D eigenvalue weighted by molar-refractivity contribution is -0.136. The lowest BCUT2D eigenvalue weighted by atomic mass is 10.3. The summed E-state index contributed by atoms with van der Waals surface area (Å²) in [6.07, 6.45) is 1.72. The van der Waals surface area contributed by atoms with Crippen molar-refractivity contribution in [3.63, 3.8) is 0 Å². The molecule has 0 unspecified atom stereocenters. The Bertz CT molecular complexity index is 247. The third-order valence-electron chi connectivity index (χ3n) is 1.43. The van der Waals surface area contributed by atoms with E-state index in [9.17, 15) is 9.59 Å². The first-order chi connectivity index (χ1) is 7.02. The van der Waals surface area contributed by atoms with Gasteiger partial charge in [0.25, 0.3) is 0 Å². The number of thioether (sulfide) groups is 1. The average Bonchev–Trinajstić information content (AvgIpc) is 2.09. The molecule has 0 heterocycles. The Labute approximate surface area is 94.1 Å². The number of allylic oxidation sites excluding steroid dienone is 1. The molecule has 4 nitrogen and oxygen atoms in total. The Morgan fingerprint density at radius 1 is 1.33 bits per heavy atom. The summed E-state index contributed by atoms with van der Waals surface area (Å²) < 4.78 is 0. The molecule has 5 heteroatoms. The molecule has 15 heavy (non-hydrogen) atoms. The standard InChI is InChI=1S/C10H17NO3S/c1-8(2)7-9(12)11-4-6-15-5-3-10(13)14/h7H,3-6H2,1-2H3,(H,11,12)(H,13,14). The van der Waals surface area contributed by atoms with Crippen molar-refractivity contribution in [1.29, 1.82) is 0 Å². The van der Waals surface area contributed by atoms with Crippen molar-refractivity contribution < 1.29 is 14.7 Å². The number of nitrogens with one attached hydrogen (secondary N) is 1. The van der Waals surface area contributed by atoms with Gasteiger partial charge >= 0.3 is 5.97 Å². The Morgan fingerprint density at radius 2 is 2.00 bits per heavy atom. The van der Waals surface area contributed by atoms with Gasteiger partial charge in [0.15, 0.2) is 0 Å². The number of carboxylic acids is 1. The van der Waals surface area contributed by atoms with E-state index in [1.165, 1.54) is 11.8 Å².